The molecule has 7 nitrogen and oxygen atoms in total. The fourth-order valence-corrected chi connectivity index (χ4v) is 6.72. The lowest BCUT2D eigenvalue weighted by molar-refractivity contribution is -0.137. The van der Waals surface area contributed by atoms with Crippen LogP contribution in [0.2, 0.25) is 0 Å². The molecule has 1 aliphatic rings. The lowest BCUT2D eigenvalue weighted by Crippen LogP contribution is -2.41. The number of carboxylic acid groups (broad SMARTS) is 1. The number of piperidine rings is 1. The number of para-hydroxylation sites is 2. The number of carbonyl (C=O) groups is 1. The van der Waals surface area contributed by atoms with Crippen molar-refractivity contribution in [2.24, 2.45) is 5.92 Å². The van der Waals surface area contributed by atoms with E-state index in [1.165, 1.54) is 11.8 Å². The fourth-order valence-electron chi connectivity index (χ4n) is 3.94. The minimum atomic E-state index is -3.37. The topological polar surface area (TPSA) is 92.5 Å². The monoisotopic (exact) mass is 459 g/mol. The van der Waals surface area contributed by atoms with Crippen molar-refractivity contribution in [3.05, 3.63) is 60.2 Å². The largest absolute Gasteiger partial charge is 0.480 e. The third kappa shape index (κ3) is 5.28. The average Bonchev–Trinajstić information content (AvgIpc) is 3.10. The maximum atomic E-state index is 12.9. The normalized spacial score (nSPS) is 17.7. The zero-order valence-electron chi connectivity index (χ0n) is 17.1. The number of nitrogens with zero attached hydrogens (tertiary/aromatic N) is 3. The second kappa shape index (κ2) is 9.42. The Kier molecular flexibility index (Phi) is 6.64. The summed E-state index contributed by atoms with van der Waals surface area (Å²) in [5.74, 6) is -0.00850. The SMILES string of the molecule is O=C(O)Cn1c(SCC2CCCN(S(=O)(=O)Cc3ccccc3)C2)nc2ccccc21. The third-order valence-corrected chi connectivity index (χ3v) is 8.45. The van der Waals surface area contributed by atoms with Gasteiger partial charge in [-0.1, -0.05) is 54.2 Å². The highest BCUT2D eigenvalue weighted by Crippen LogP contribution is 2.29. The van der Waals surface area contributed by atoms with Crippen molar-refractivity contribution >= 4 is 38.8 Å². The van der Waals surface area contributed by atoms with E-state index in [9.17, 15) is 18.3 Å². The molecule has 1 aliphatic heterocycles. The summed E-state index contributed by atoms with van der Waals surface area (Å²) in [6, 6.07) is 16.7. The Hall–Kier alpha value is -2.36. The van der Waals surface area contributed by atoms with Gasteiger partial charge in [-0.3, -0.25) is 4.79 Å². The van der Waals surface area contributed by atoms with Crippen LogP contribution < -0.4 is 0 Å². The molecule has 1 saturated heterocycles. The van der Waals surface area contributed by atoms with Gasteiger partial charge in [-0.15, -0.1) is 0 Å². The van der Waals surface area contributed by atoms with Crippen LogP contribution >= 0.6 is 11.8 Å². The van der Waals surface area contributed by atoms with Crippen molar-refractivity contribution in [3.8, 4) is 0 Å². The van der Waals surface area contributed by atoms with Gasteiger partial charge in [0.25, 0.3) is 0 Å². The van der Waals surface area contributed by atoms with Crippen LogP contribution in [0.25, 0.3) is 11.0 Å². The second-order valence-electron chi connectivity index (χ2n) is 7.78. The Morgan fingerprint density at radius 1 is 1.13 bits per heavy atom. The summed E-state index contributed by atoms with van der Waals surface area (Å²) in [6.07, 6.45) is 1.77. The van der Waals surface area contributed by atoms with Gasteiger partial charge >= 0.3 is 5.97 Å². The molecule has 3 aromatic rings. The van der Waals surface area contributed by atoms with E-state index in [4.69, 9.17) is 0 Å². The molecule has 0 amide bonds. The number of hydrogen-bond acceptors (Lipinski definition) is 5. The highest BCUT2D eigenvalue weighted by atomic mass is 32.2. The molecule has 1 N–H and O–H groups in total. The van der Waals surface area contributed by atoms with Crippen LogP contribution in [0.5, 0.6) is 0 Å². The lowest BCUT2D eigenvalue weighted by Gasteiger charge is -2.31. The molecule has 0 radical (unpaired) electrons. The number of fused-ring (bicyclic) bond motifs is 1. The summed E-state index contributed by atoms with van der Waals surface area (Å²) >= 11 is 1.50. The molecule has 2 aromatic carbocycles. The smallest absolute Gasteiger partial charge is 0.323 e. The third-order valence-electron chi connectivity index (χ3n) is 5.43. The summed E-state index contributed by atoms with van der Waals surface area (Å²) in [5.41, 5.74) is 2.35. The van der Waals surface area contributed by atoms with E-state index in [1.807, 2.05) is 54.6 Å². The van der Waals surface area contributed by atoms with Crippen molar-refractivity contribution in [3.63, 3.8) is 0 Å². The molecular weight excluding hydrogens is 434 g/mol. The maximum Gasteiger partial charge on any atom is 0.323 e. The van der Waals surface area contributed by atoms with E-state index in [2.05, 4.69) is 4.98 Å². The summed E-state index contributed by atoms with van der Waals surface area (Å²) in [4.78, 5) is 15.9. The van der Waals surface area contributed by atoms with Crippen LogP contribution in [0.4, 0.5) is 0 Å². The predicted octanol–water partition coefficient (Wildman–Crippen LogP) is 3.46. The minimum absolute atomic E-state index is 0.0160. The number of aromatic nitrogens is 2. The van der Waals surface area contributed by atoms with E-state index in [0.29, 0.717) is 24.0 Å². The lowest BCUT2D eigenvalue weighted by atomic mass is 10.0. The number of benzene rings is 2. The molecule has 4 rings (SSSR count). The first-order valence-corrected chi connectivity index (χ1v) is 12.8. The highest BCUT2D eigenvalue weighted by Gasteiger charge is 2.29. The zero-order chi connectivity index (χ0) is 21.8. The van der Waals surface area contributed by atoms with Gasteiger partial charge in [0.1, 0.15) is 6.54 Å². The van der Waals surface area contributed by atoms with Gasteiger partial charge in [-0.25, -0.2) is 17.7 Å². The molecule has 1 unspecified atom stereocenters. The minimum Gasteiger partial charge on any atom is -0.480 e. The van der Waals surface area contributed by atoms with Gasteiger partial charge in [0.15, 0.2) is 5.16 Å². The molecule has 0 saturated carbocycles. The maximum absolute atomic E-state index is 12.9. The molecule has 31 heavy (non-hydrogen) atoms. The molecule has 1 atom stereocenters. The quantitative estimate of drug-likeness (QED) is 0.519. The highest BCUT2D eigenvalue weighted by molar-refractivity contribution is 7.99. The first kappa shape index (κ1) is 21.9. The van der Waals surface area contributed by atoms with Crippen LogP contribution in [0, 0.1) is 5.92 Å². The summed E-state index contributed by atoms with van der Waals surface area (Å²) in [6.45, 7) is 0.889. The molecule has 0 bridgehead atoms. The van der Waals surface area contributed by atoms with Crippen molar-refractivity contribution < 1.29 is 18.3 Å². The Bertz CT molecular complexity index is 1160. The Labute approximate surface area is 186 Å². The molecule has 1 fully saturated rings. The van der Waals surface area contributed by atoms with Crippen molar-refractivity contribution in [2.75, 3.05) is 18.8 Å². The van der Waals surface area contributed by atoms with Crippen LogP contribution in [-0.2, 0) is 27.1 Å². The standard InChI is InChI=1S/C22H25N3O4S2/c26-21(27)14-25-20-11-5-4-10-19(20)23-22(25)30-15-18-9-6-12-24(13-18)31(28,29)16-17-7-2-1-3-8-17/h1-5,7-8,10-11,18H,6,9,12-16H2,(H,26,27). The molecule has 2 heterocycles. The molecule has 0 aliphatic carbocycles. The average molecular weight is 460 g/mol. The van der Waals surface area contributed by atoms with Gasteiger partial charge in [0.05, 0.1) is 16.8 Å². The van der Waals surface area contributed by atoms with Gasteiger partial charge in [0, 0.05) is 18.8 Å². The number of thioether (sulfide) groups is 1. The summed E-state index contributed by atoms with van der Waals surface area (Å²) < 4.78 is 29.1. The van der Waals surface area contributed by atoms with Gasteiger partial charge in [-0.2, -0.15) is 0 Å². The zero-order valence-corrected chi connectivity index (χ0v) is 18.7. The second-order valence-corrected chi connectivity index (χ2v) is 10.7. The van der Waals surface area contributed by atoms with Crippen LogP contribution in [0.3, 0.4) is 0 Å². The first-order chi connectivity index (χ1) is 14.9. The number of carboxylic acids is 1. The number of imidazole rings is 1. The van der Waals surface area contributed by atoms with E-state index in [1.54, 1.807) is 8.87 Å². The molecule has 0 spiro atoms. The van der Waals surface area contributed by atoms with Crippen molar-refractivity contribution in [1.29, 1.82) is 0 Å². The van der Waals surface area contributed by atoms with Crippen molar-refractivity contribution in [1.82, 2.24) is 13.9 Å². The van der Waals surface area contributed by atoms with Crippen molar-refractivity contribution in [2.45, 2.75) is 30.3 Å². The van der Waals surface area contributed by atoms with Crippen LogP contribution in [-0.4, -0.2) is 52.2 Å². The Balaban J connectivity index is 1.44. The molecule has 1 aromatic heterocycles. The summed E-state index contributed by atoms with van der Waals surface area (Å²) in [7, 11) is -3.37. The first-order valence-electron chi connectivity index (χ1n) is 10.2. The van der Waals surface area contributed by atoms with Gasteiger partial charge < -0.3 is 9.67 Å². The van der Waals surface area contributed by atoms with E-state index in [-0.39, 0.29) is 18.2 Å². The molecule has 9 heteroatoms. The van der Waals surface area contributed by atoms with Gasteiger partial charge in [0.2, 0.25) is 10.0 Å². The number of aliphatic carboxylic acids is 1. The fraction of sp³-hybridized carbons (Fsp3) is 0.364. The van der Waals surface area contributed by atoms with E-state index < -0.39 is 16.0 Å². The predicted molar refractivity (Wildman–Crippen MR) is 121 cm³/mol. The van der Waals surface area contributed by atoms with E-state index >= 15 is 0 Å². The Morgan fingerprint density at radius 2 is 1.87 bits per heavy atom. The summed E-state index contributed by atoms with van der Waals surface area (Å²) in [5, 5.41) is 9.96. The van der Waals surface area contributed by atoms with Crippen LogP contribution in [0.1, 0.15) is 18.4 Å². The Morgan fingerprint density at radius 3 is 2.65 bits per heavy atom. The van der Waals surface area contributed by atoms with Crippen LogP contribution in [0.15, 0.2) is 59.8 Å². The number of hydrogen-bond donors (Lipinski definition) is 1. The molecule has 164 valence electrons. The molecular formula is C22H25N3O4S2. The number of sulfonamides is 1. The number of rotatable bonds is 8. The van der Waals surface area contributed by atoms with Gasteiger partial charge in [-0.05, 0) is 36.5 Å². The van der Waals surface area contributed by atoms with E-state index in [0.717, 1.165) is 29.4 Å².